The van der Waals surface area contributed by atoms with Gasteiger partial charge in [-0.1, -0.05) is 58.0 Å². The Balaban J connectivity index is 1.49. The zero-order valence-electron chi connectivity index (χ0n) is 19.6. The molecular formula is C20H10BCl2N4O10S4-2. The van der Waals surface area contributed by atoms with Crippen molar-refractivity contribution in [2.75, 3.05) is 8.61 Å². The van der Waals surface area contributed by atoms with E-state index in [1.54, 1.807) is 0 Å². The Morgan fingerprint density at radius 1 is 0.732 bits per heavy atom. The number of anilines is 4. The van der Waals surface area contributed by atoms with Crippen LogP contribution in [0, 0.1) is 20.2 Å². The van der Waals surface area contributed by atoms with Gasteiger partial charge in [-0.05, 0) is 24.3 Å². The van der Waals surface area contributed by atoms with Crippen molar-refractivity contribution in [3.63, 3.8) is 0 Å². The van der Waals surface area contributed by atoms with Crippen LogP contribution in [0.5, 0.6) is 11.5 Å². The SMILES string of the molecule is O=[N+]([O-])c1cc(N(c2cccc(O[B]Oc3cccc(N(c4cc([N+](=O)[O-])c(Cl)s4)S(=O)[O-])c3)c2)S(=O)[O-])sc1Cl. The summed E-state index contributed by atoms with van der Waals surface area (Å²) in [6, 6.07) is 13.4. The molecule has 213 valence electrons. The van der Waals surface area contributed by atoms with Crippen LogP contribution >= 0.6 is 45.9 Å². The van der Waals surface area contributed by atoms with Crippen molar-refractivity contribution in [2.24, 2.45) is 0 Å². The maximum absolute atomic E-state index is 12.0. The van der Waals surface area contributed by atoms with Gasteiger partial charge in [-0.15, -0.1) is 0 Å². The lowest BCUT2D eigenvalue weighted by molar-refractivity contribution is -0.384. The molecule has 41 heavy (non-hydrogen) atoms. The summed E-state index contributed by atoms with van der Waals surface area (Å²) in [4.78, 5) is 20.8. The van der Waals surface area contributed by atoms with E-state index >= 15 is 0 Å². The molecule has 0 aliphatic heterocycles. The monoisotopic (exact) mass is 675 g/mol. The van der Waals surface area contributed by atoms with Gasteiger partial charge in [0.1, 0.15) is 21.5 Å². The second-order valence-corrected chi connectivity index (χ2v) is 12.2. The summed E-state index contributed by atoms with van der Waals surface area (Å²) in [6.45, 7) is 0. The van der Waals surface area contributed by atoms with Crippen molar-refractivity contribution in [2.45, 2.75) is 0 Å². The first-order chi connectivity index (χ1) is 19.5. The molecule has 0 aliphatic carbocycles. The number of halogens is 2. The number of rotatable bonds is 12. The van der Waals surface area contributed by atoms with Crippen LogP contribution in [0.3, 0.4) is 0 Å². The first-order valence-electron chi connectivity index (χ1n) is 10.5. The van der Waals surface area contributed by atoms with Gasteiger partial charge in [-0.3, -0.25) is 37.3 Å². The van der Waals surface area contributed by atoms with Crippen molar-refractivity contribution in [3.8, 4) is 11.5 Å². The average molecular weight is 676 g/mol. The van der Waals surface area contributed by atoms with Crippen molar-refractivity contribution >= 4 is 109 Å². The number of nitrogens with zero attached hydrogens (tertiary/aromatic N) is 4. The summed E-state index contributed by atoms with van der Waals surface area (Å²) in [7, 11) is 0.898. The molecule has 0 saturated heterocycles. The highest BCUT2D eigenvalue weighted by Crippen LogP contribution is 2.44. The van der Waals surface area contributed by atoms with Gasteiger partial charge in [0.25, 0.3) is 0 Å². The molecule has 2 unspecified atom stereocenters. The van der Waals surface area contributed by atoms with E-state index in [1.807, 2.05) is 0 Å². The van der Waals surface area contributed by atoms with Gasteiger partial charge in [0.15, 0.2) is 8.67 Å². The van der Waals surface area contributed by atoms with Crippen molar-refractivity contribution in [1.82, 2.24) is 0 Å². The van der Waals surface area contributed by atoms with E-state index in [4.69, 9.17) is 32.5 Å². The highest BCUT2D eigenvalue weighted by Gasteiger charge is 2.24. The molecule has 4 rings (SSSR count). The molecule has 0 fully saturated rings. The van der Waals surface area contributed by atoms with Crippen LogP contribution in [0.25, 0.3) is 0 Å². The van der Waals surface area contributed by atoms with E-state index < -0.39 is 43.8 Å². The van der Waals surface area contributed by atoms with Gasteiger partial charge in [0.2, 0.25) is 0 Å². The summed E-state index contributed by atoms with van der Waals surface area (Å²) >= 11 is 7.39. The summed E-state index contributed by atoms with van der Waals surface area (Å²) in [6.07, 6.45) is 0. The molecule has 14 nitrogen and oxygen atoms in total. The second kappa shape index (κ2) is 13.1. The quantitative estimate of drug-likeness (QED) is 0.0768. The summed E-state index contributed by atoms with van der Waals surface area (Å²) < 4.78 is 59.8. The minimum Gasteiger partial charge on any atom is -0.755 e. The van der Waals surface area contributed by atoms with Crippen LogP contribution in [0.2, 0.25) is 8.67 Å². The highest BCUT2D eigenvalue weighted by molar-refractivity contribution is 7.81. The van der Waals surface area contributed by atoms with Crippen LogP contribution < -0.4 is 17.9 Å². The van der Waals surface area contributed by atoms with Gasteiger partial charge in [-0.25, -0.2) is 0 Å². The van der Waals surface area contributed by atoms with Crippen LogP contribution in [0.1, 0.15) is 0 Å². The molecule has 0 saturated carbocycles. The highest BCUT2D eigenvalue weighted by atomic mass is 35.5. The third-order valence-electron chi connectivity index (χ3n) is 4.88. The van der Waals surface area contributed by atoms with Gasteiger partial charge in [-0.2, -0.15) is 0 Å². The van der Waals surface area contributed by atoms with Crippen LogP contribution in [0.4, 0.5) is 32.8 Å². The van der Waals surface area contributed by atoms with Crippen molar-refractivity contribution in [3.05, 3.63) is 89.6 Å². The fourth-order valence-electron chi connectivity index (χ4n) is 3.22. The van der Waals surface area contributed by atoms with E-state index in [0.717, 1.165) is 28.4 Å². The van der Waals surface area contributed by atoms with E-state index in [9.17, 15) is 37.8 Å². The number of hydrogen-bond donors (Lipinski definition) is 0. The van der Waals surface area contributed by atoms with Gasteiger partial charge in [0.05, 0.1) is 55.9 Å². The van der Waals surface area contributed by atoms with Gasteiger partial charge < -0.3 is 18.4 Å². The lowest BCUT2D eigenvalue weighted by Gasteiger charge is -2.25. The molecule has 4 aromatic rings. The molecule has 0 amide bonds. The van der Waals surface area contributed by atoms with E-state index in [2.05, 4.69) is 0 Å². The normalized spacial score (nSPS) is 12.3. The molecule has 0 spiro atoms. The Kier molecular flexibility index (Phi) is 9.82. The molecule has 0 bridgehead atoms. The average Bonchev–Trinajstić information content (AvgIpc) is 3.47. The molecule has 1 radical (unpaired) electrons. The maximum Gasteiger partial charge on any atom is 0.658 e. The Hall–Kier alpha value is -3.30. The van der Waals surface area contributed by atoms with Crippen molar-refractivity contribution < 1.29 is 36.7 Å². The lowest BCUT2D eigenvalue weighted by Crippen LogP contribution is -2.19. The predicted molar refractivity (Wildman–Crippen MR) is 154 cm³/mol. The first-order valence-corrected chi connectivity index (χ1v) is 14.9. The zero-order chi connectivity index (χ0) is 29.8. The summed E-state index contributed by atoms with van der Waals surface area (Å²) in [5, 5.41) is 22.2. The molecule has 21 heteroatoms. The first kappa shape index (κ1) is 30.7. The fourth-order valence-corrected chi connectivity index (χ4v) is 7.06. The number of hydrogen-bond acceptors (Lipinski definition) is 12. The second-order valence-electron chi connectivity index (χ2n) is 7.35. The molecule has 2 heterocycles. The third-order valence-corrected chi connectivity index (χ3v) is 9.16. The molecule has 0 N–H and O–H groups in total. The standard InChI is InChI=1S/C20H12BCl2N4O10S4/c22-19-15(26(28)29)9-17(38-19)24(40(32)33)11-3-1-5-13(7-11)36-21-37-14-6-2-4-12(8-14)25(41(34)35)18-10-16(27(30)31)20(23)39-18/h1-10H,(H,32,33)(H,34,35)/p-2. The van der Waals surface area contributed by atoms with Crippen LogP contribution in [-0.2, 0) is 22.5 Å². The van der Waals surface area contributed by atoms with Crippen LogP contribution in [-0.4, -0.2) is 35.1 Å². The summed E-state index contributed by atoms with van der Waals surface area (Å²) in [5.41, 5.74) is -0.732. The number of benzene rings is 2. The molecule has 2 aromatic carbocycles. The number of thiophene rings is 2. The molecular weight excluding hydrogens is 666 g/mol. The van der Waals surface area contributed by atoms with Crippen LogP contribution in [0.15, 0.2) is 60.7 Å². The largest absolute Gasteiger partial charge is 0.755 e. The Labute approximate surface area is 254 Å². The fraction of sp³-hybridized carbons (Fsp3) is 0. The lowest BCUT2D eigenvalue weighted by atomic mass is 10.2. The Morgan fingerprint density at radius 2 is 1.12 bits per heavy atom. The topological polar surface area (TPSA) is 191 Å². The third kappa shape index (κ3) is 7.14. The molecule has 0 aliphatic rings. The zero-order valence-corrected chi connectivity index (χ0v) is 24.4. The molecule has 2 aromatic heterocycles. The smallest absolute Gasteiger partial charge is 0.658 e. The van der Waals surface area contributed by atoms with E-state index in [1.165, 1.54) is 48.5 Å². The maximum atomic E-state index is 12.0. The molecule has 2 atom stereocenters. The minimum atomic E-state index is -2.87. The van der Waals surface area contributed by atoms with E-state index in [0.29, 0.717) is 22.7 Å². The van der Waals surface area contributed by atoms with Gasteiger partial charge >= 0.3 is 19.1 Å². The Morgan fingerprint density at radius 3 is 1.44 bits per heavy atom. The number of nitro groups is 2. The predicted octanol–water partition coefficient (Wildman–Crippen LogP) is 5.79. The van der Waals surface area contributed by atoms with Crippen molar-refractivity contribution in [1.29, 1.82) is 0 Å². The van der Waals surface area contributed by atoms with Gasteiger partial charge in [0, 0.05) is 12.1 Å². The Bertz CT molecular complexity index is 1550. The van der Waals surface area contributed by atoms with E-state index in [-0.39, 0.29) is 41.5 Å². The minimum absolute atomic E-state index is 0.0260. The summed E-state index contributed by atoms with van der Waals surface area (Å²) in [5.74, 6) is 0.239.